The number of benzene rings is 1. The Balaban J connectivity index is 0.000000596. The molecule has 0 bridgehead atoms. The summed E-state index contributed by atoms with van der Waals surface area (Å²) in [6.07, 6.45) is 0.892. The zero-order chi connectivity index (χ0) is 20.3. The number of carboxylic acids is 1. The zero-order valence-electron chi connectivity index (χ0n) is 13.8. The topological polar surface area (TPSA) is 118 Å². The van der Waals surface area contributed by atoms with E-state index in [2.05, 4.69) is 10.1 Å². The van der Waals surface area contributed by atoms with Gasteiger partial charge in [0.2, 0.25) is 0 Å². The number of hydrogen-bond acceptors (Lipinski definition) is 4. The van der Waals surface area contributed by atoms with Crippen molar-refractivity contribution in [2.45, 2.75) is 13.5 Å². The molecule has 0 amide bonds. The number of rotatable bonds is 3. The highest BCUT2D eigenvalue weighted by Gasteiger charge is 2.19. The van der Waals surface area contributed by atoms with E-state index in [1.165, 1.54) is 0 Å². The minimum absolute atomic E-state index is 0.0691. The highest BCUT2D eigenvalue weighted by Crippen LogP contribution is 2.21. The van der Waals surface area contributed by atoms with Crippen molar-refractivity contribution in [2.75, 3.05) is 0 Å². The van der Waals surface area contributed by atoms with Crippen LogP contribution in [-0.4, -0.2) is 31.7 Å². The highest BCUT2D eigenvalue weighted by molar-refractivity contribution is 6.04. The Hall–Kier alpha value is -3.50. The largest absolute Gasteiger partial charge is 0.481 e. The van der Waals surface area contributed by atoms with Gasteiger partial charge in [0, 0.05) is 12.5 Å². The van der Waals surface area contributed by atoms with Crippen LogP contribution in [0.1, 0.15) is 18.2 Å². The lowest BCUT2D eigenvalue weighted by molar-refractivity contribution is -0.134. The molecule has 0 atom stereocenters. The number of halogens is 4. The van der Waals surface area contributed by atoms with Gasteiger partial charge in [-0.25, -0.2) is 27.2 Å². The van der Waals surface area contributed by atoms with Crippen molar-refractivity contribution < 1.29 is 27.5 Å². The number of carboxylic acid groups (broad SMARTS) is 1. The Morgan fingerprint density at radius 2 is 1.85 bits per heavy atom. The summed E-state index contributed by atoms with van der Waals surface area (Å²) in [5.41, 5.74) is 4.80. The quantitative estimate of drug-likeness (QED) is 0.278. The molecule has 3 rings (SSSR count). The fraction of sp³-hybridized carbons (Fsp3) is 0.125. The van der Waals surface area contributed by atoms with Gasteiger partial charge in [0.15, 0.2) is 17.3 Å². The van der Waals surface area contributed by atoms with Crippen LogP contribution < -0.4 is 5.73 Å². The van der Waals surface area contributed by atoms with E-state index in [0.29, 0.717) is 6.07 Å². The molecule has 0 fully saturated rings. The van der Waals surface area contributed by atoms with Gasteiger partial charge >= 0.3 is 0 Å². The molecule has 0 radical (unpaired) electrons. The number of hydrogen-bond donors (Lipinski definition) is 3. The van der Waals surface area contributed by atoms with Crippen LogP contribution in [0.25, 0.3) is 11.0 Å². The predicted octanol–water partition coefficient (Wildman–Crippen LogP) is 2.41. The van der Waals surface area contributed by atoms with Gasteiger partial charge in [-0.3, -0.25) is 10.2 Å². The Morgan fingerprint density at radius 1 is 1.26 bits per heavy atom. The minimum Gasteiger partial charge on any atom is -0.481 e. The molecule has 1 aromatic carbocycles. The monoisotopic (exact) mass is 383 g/mol. The van der Waals surface area contributed by atoms with Gasteiger partial charge in [-0.1, -0.05) is 0 Å². The summed E-state index contributed by atoms with van der Waals surface area (Å²) in [7, 11) is 0. The Labute approximate surface area is 149 Å². The van der Waals surface area contributed by atoms with Crippen molar-refractivity contribution in [2.24, 2.45) is 5.73 Å². The molecule has 2 heterocycles. The molecule has 0 unspecified atom stereocenters. The van der Waals surface area contributed by atoms with Crippen molar-refractivity contribution in [3.63, 3.8) is 0 Å². The Morgan fingerprint density at radius 3 is 2.44 bits per heavy atom. The highest BCUT2D eigenvalue weighted by atomic mass is 19.2. The first-order chi connectivity index (χ1) is 12.6. The SMILES string of the molecule is CC(=O)O.N=C(N)c1nn(Cc2c(F)ccc(F)c2F)c2ncc(F)cc12. The second-order valence-electron chi connectivity index (χ2n) is 5.29. The maximum atomic E-state index is 13.8. The van der Waals surface area contributed by atoms with Crippen LogP contribution in [-0.2, 0) is 11.3 Å². The lowest BCUT2D eigenvalue weighted by Crippen LogP contribution is -2.14. The fourth-order valence-electron chi connectivity index (χ4n) is 2.21. The lowest BCUT2D eigenvalue weighted by Gasteiger charge is -2.06. The van der Waals surface area contributed by atoms with Crippen molar-refractivity contribution in [1.82, 2.24) is 14.8 Å². The molecule has 0 aliphatic carbocycles. The van der Waals surface area contributed by atoms with Crippen LogP contribution in [0, 0.1) is 28.7 Å². The third-order valence-electron chi connectivity index (χ3n) is 3.26. The average Bonchev–Trinajstić information content (AvgIpc) is 2.92. The summed E-state index contributed by atoms with van der Waals surface area (Å²) >= 11 is 0. The molecule has 142 valence electrons. The molecule has 0 aliphatic heterocycles. The van der Waals surface area contributed by atoms with Crippen LogP contribution >= 0.6 is 0 Å². The number of amidine groups is 1. The summed E-state index contributed by atoms with van der Waals surface area (Å²) in [5.74, 6) is -5.48. The van der Waals surface area contributed by atoms with Gasteiger partial charge in [-0.05, 0) is 18.2 Å². The number of aromatic nitrogens is 3. The molecule has 2 aromatic heterocycles. The van der Waals surface area contributed by atoms with Crippen LogP contribution in [0.5, 0.6) is 0 Å². The van der Waals surface area contributed by atoms with Crippen molar-refractivity contribution >= 4 is 22.8 Å². The number of nitrogens with one attached hydrogen (secondary N) is 1. The normalized spacial score (nSPS) is 10.4. The molecule has 0 saturated heterocycles. The molecular formula is C16H13F4N5O2. The number of nitrogens with zero attached hydrogens (tertiary/aromatic N) is 3. The molecule has 0 spiro atoms. The zero-order valence-corrected chi connectivity index (χ0v) is 13.8. The number of nitrogen functional groups attached to an aromatic ring is 1. The van der Waals surface area contributed by atoms with Gasteiger partial charge in [0.1, 0.15) is 23.2 Å². The number of carbonyl (C=O) groups is 1. The van der Waals surface area contributed by atoms with Gasteiger partial charge in [0.25, 0.3) is 5.97 Å². The third-order valence-corrected chi connectivity index (χ3v) is 3.26. The summed E-state index contributed by atoms with van der Waals surface area (Å²) < 4.78 is 55.1. The smallest absolute Gasteiger partial charge is 0.300 e. The molecule has 3 aromatic rings. The predicted molar refractivity (Wildman–Crippen MR) is 87.2 cm³/mol. The van der Waals surface area contributed by atoms with Crippen molar-refractivity contribution in [3.05, 3.63) is 58.9 Å². The van der Waals surface area contributed by atoms with E-state index in [1.54, 1.807) is 0 Å². The van der Waals surface area contributed by atoms with Gasteiger partial charge in [0.05, 0.1) is 18.1 Å². The molecular weight excluding hydrogens is 370 g/mol. The van der Waals surface area contributed by atoms with Crippen molar-refractivity contribution in [3.8, 4) is 0 Å². The first kappa shape index (κ1) is 19.8. The molecule has 4 N–H and O–H groups in total. The molecule has 0 aliphatic rings. The Kier molecular flexibility index (Phi) is 5.73. The van der Waals surface area contributed by atoms with Gasteiger partial charge in [-0.2, -0.15) is 5.10 Å². The van der Waals surface area contributed by atoms with E-state index in [9.17, 15) is 17.6 Å². The van der Waals surface area contributed by atoms with Gasteiger partial charge < -0.3 is 10.8 Å². The maximum absolute atomic E-state index is 13.8. The number of pyridine rings is 1. The fourth-order valence-corrected chi connectivity index (χ4v) is 2.21. The third kappa shape index (κ3) is 4.37. The maximum Gasteiger partial charge on any atom is 0.300 e. The first-order valence-electron chi connectivity index (χ1n) is 7.30. The summed E-state index contributed by atoms with van der Waals surface area (Å²) in [6.45, 7) is 0.595. The summed E-state index contributed by atoms with van der Waals surface area (Å²) in [6, 6.07) is 2.52. The first-order valence-corrected chi connectivity index (χ1v) is 7.30. The van der Waals surface area contributed by atoms with Crippen LogP contribution in [0.3, 0.4) is 0 Å². The minimum atomic E-state index is -1.35. The van der Waals surface area contributed by atoms with Crippen LogP contribution in [0.15, 0.2) is 24.4 Å². The van der Waals surface area contributed by atoms with Crippen LogP contribution in [0.2, 0.25) is 0 Å². The van der Waals surface area contributed by atoms with Gasteiger partial charge in [-0.15, -0.1) is 0 Å². The second kappa shape index (κ2) is 7.81. The van der Waals surface area contributed by atoms with E-state index in [4.69, 9.17) is 21.0 Å². The molecule has 7 nitrogen and oxygen atoms in total. The standard InChI is InChI=1S/C14H9F4N5.C2H4O2/c15-6-3-7-12(13(19)20)22-23(14(7)21-4-6)5-8-9(16)1-2-10(17)11(8)18;1-2(3)4/h1-4H,5H2,(H3,19,20);1H3,(H,3,4). The number of nitrogens with two attached hydrogens (primary N) is 1. The lowest BCUT2D eigenvalue weighted by atomic mass is 10.2. The molecule has 0 saturated carbocycles. The molecule has 11 heteroatoms. The van der Waals surface area contributed by atoms with E-state index in [-0.39, 0.29) is 16.7 Å². The van der Waals surface area contributed by atoms with E-state index < -0.39 is 47.2 Å². The summed E-state index contributed by atoms with van der Waals surface area (Å²) in [5, 5.41) is 18.9. The van der Waals surface area contributed by atoms with Crippen molar-refractivity contribution in [1.29, 1.82) is 5.41 Å². The van der Waals surface area contributed by atoms with Crippen LogP contribution in [0.4, 0.5) is 17.6 Å². The second-order valence-corrected chi connectivity index (χ2v) is 5.29. The Bertz CT molecular complexity index is 1030. The molecule has 27 heavy (non-hydrogen) atoms. The number of fused-ring (bicyclic) bond motifs is 1. The summed E-state index contributed by atoms with van der Waals surface area (Å²) in [4.78, 5) is 12.8. The number of aliphatic carboxylic acids is 1. The van der Waals surface area contributed by atoms with E-state index >= 15 is 0 Å². The van der Waals surface area contributed by atoms with E-state index in [1.807, 2.05) is 0 Å². The van der Waals surface area contributed by atoms with E-state index in [0.717, 1.165) is 29.9 Å². The average molecular weight is 383 g/mol.